The molecule has 94 valence electrons. The predicted octanol–water partition coefficient (Wildman–Crippen LogP) is -0.0935. The Morgan fingerprint density at radius 1 is 1.44 bits per heavy atom. The van der Waals surface area contributed by atoms with Crippen LogP contribution >= 0.6 is 0 Å². The molecule has 0 aromatic heterocycles. The fourth-order valence-electron chi connectivity index (χ4n) is 0.849. The van der Waals surface area contributed by atoms with Crippen molar-refractivity contribution in [1.29, 1.82) is 0 Å². The van der Waals surface area contributed by atoms with E-state index in [1.807, 2.05) is 0 Å². The Balaban J connectivity index is 3.51. The second-order valence-electron chi connectivity index (χ2n) is 4.60. The van der Waals surface area contributed by atoms with Crippen molar-refractivity contribution in [2.45, 2.75) is 25.7 Å². The first-order valence-electron chi connectivity index (χ1n) is 5.20. The molecule has 0 aliphatic heterocycles. The molecule has 0 rings (SSSR count). The first-order valence-corrected chi connectivity index (χ1v) is 8.91. The number of hydrazine groups is 1. The number of carbonyl (C=O) groups is 1. The van der Waals surface area contributed by atoms with E-state index in [1.54, 1.807) is 0 Å². The van der Waals surface area contributed by atoms with Crippen LogP contribution in [0.25, 0.3) is 0 Å². The van der Waals surface area contributed by atoms with E-state index in [-0.39, 0.29) is 5.84 Å². The monoisotopic (exact) mass is 246 g/mol. The Kier molecular flexibility index (Phi) is 6.94. The van der Waals surface area contributed by atoms with Crippen molar-refractivity contribution in [2.24, 2.45) is 10.7 Å². The van der Waals surface area contributed by atoms with Gasteiger partial charge in [0, 0.05) is 21.7 Å². The van der Waals surface area contributed by atoms with Crippen molar-refractivity contribution in [3.05, 3.63) is 0 Å². The number of ether oxygens (including phenoxy) is 1. The largest absolute Gasteiger partial charge is 0.365 e. The molecular formula is C9H22N4O2Si. The number of nitrogens with two attached hydrogens (primary N) is 1. The van der Waals surface area contributed by atoms with Crippen molar-refractivity contribution in [2.75, 3.05) is 20.4 Å². The van der Waals surface area contributed by atoms with Crippen molar-refractivity contribution in [3.63, 3.8) is 0 Å². The van der Waals surface area contributed by atoms with Gasteiger partial charge in [-0.3, -0.25) is 15.2 Å². The molecule has 0 fully saturated rings. The van der Waals surface area contributed by atoms with Gasteiger partial charge in [0.2, 0.25) is 5.84 Å². The summed E-state index contributed by atoms with van der Waals surface area (Å²) in [5, 5.41) is 0. The van der Waals surface area contributed by atoms with E-state index in [1.165, 1.54) is 7.05 Å². The van der Waals surface area contributed by atoms with E-state index in [4.69, 9.17) is 10.5 Å². The van der Waals surface area contributed by atoms with Crippen LogP contribution in [0.1, 0.15) is 0 Å². The molecule has 0 aliphatic rings. The molecule has 6 nitrogen and oxygen atoms in total. The number of hydrogen-bond donors (Lipinski definition) is 3. The Labute approximate surface area is 97.6 Å². The summed E-state index contributed by atoms with van der Waals surface area (Å²) in [7, 11) is 0.452. The van der Waals surface area contributed by atoms with Crippen LogP contribution in [0.3, 0.4) is 0 Å². The van der Waals surface area contributed by atoms with Gasteiger partial charge in [-0.2, -0.15) is 0 Å². The maximum absolute atomic E-state index is 10.7. The van der Waals surface area contributed by atoms with Crippen LogP contribution in [0, 0.1) is 0 Å². The Morgan fingerprint density at radius 2 is 2.06 bits per heavy atom. The zero-order valence-corrected chi connectivity index (χ0v) is 11.5. The zero-order valence-electron chi connectivity index (χ0n) is 10.5. The SMILES string of the molecule is CN=C(NNCOCC[Si](C)(C)C)C(N)=O. The summed E-state index contributed by atoms with van der Waals surface area (Å²) in [5.74, 6) is -0.508. The van der Waals surface area contributed by atoms with Gasteiger partial charge >= 0.3 is 0 Å². The van der Waals surface area contributed by atoms with E-state index in [0.717, 1.165) is 12.7 Å². The highest BCUT2D eigenvalue weighted by molar-refractivity contribution is 6.76. The standard InChI is InChI=1S/C9H22N4O2Si/c1-11-9(8(10)14)13-12-7-15-5-6-16(2,3)4/h12H,5-7H2,1-4H3,(H2,10,14)(H,11,13). The second-order valence-corrected chi connectivity index (χ2v) is 10.2. The van der Waals surface area contributed by atoms with Gasteiger partial charge in [0.1, 0.15) is 6.73 Å². The van der Waals surface area contributed by atoms with Gasteiger partial charge in [0.25, 0.3) is 5.91 Å². The fraction of sp³-hybridized carbons (Fsp3) is 0.778. The highest BCUT2D eigenvalue weighted by Crippen LogP contribution is 2.06. The van der Waals surface area contributed by atoms with Gasteiger partial charge in [-0.05, 0) is 6.04 Å². The number of nitrogens with one attached hydrogen (secondary N) is 2. The molecule has 4 N–H and O–H groups in total. The van der Waals surface area contributed by atoms with Gasteiger partial charge in [0.05, 0.1) is 0 Å². The van der Waals surface area contributed by atoms with Crippen molar-refractivity contribution in [3.8, 4) is 0 Å². The Bertz CT molecular complexity index is 250. The van der Waals surface area contributed by atoms with Gasteiger partial charge in [-0.1, -0.05) is 19.6 Å². The number of nitrogens with zero attached hydrogens (tertiary/aromatic N) is 1. The average Bonchev–Trinajstić information content (AvgIpc) is 2.14. The van der Waals surface area contributed by atoms with Gasteiger partial charge in [-0.25, -0.2) is 5.43 Å². The molecule has 0 unspecified atom stereocenters. The van der Waals surface area contributed by atoms with Gasteiger partial charge in [-0.15, -0.1) is 0 Å². The van der Waals surface area contributed by atoms with Crippen LogP contribution in [-0.4, -0.2) is 40.2 Å². The fourth-order valence-corrected chi connectivity index (χ4v) is 1.61. The number of primary amides is 1. The first kappa shape index (κ1) is 15.1. The number of amidine groups is 1. The highest BCUT2D eigenvalue weighted by Gasteiger charge is 2.11. The number of amides is 1. The molecule has 0 saturated heterocycles. The van der Waals surface area contributed by atoms with Crippen LogP contribution in [0.2, 0.25) is 25.7 Å². The average molecular weight is 246 g/mol. The van der Waals surface area contributed by atoms with Gasteiger partial charge in [0.15, 0.2) is 0 Å². The molecule has 0 atom stereocenters. The summed E-state index contributed by atoms with van der Waals surface area (Å²) >= 11 is 0. The third-order valence-corrected chi connectivity index (χ3v) is 3.54. The lowest BCUT2D eigenvalue weighted by Crippen LogP contribution is -2.45. The van der Waals surface area contributed by atoms with Crippen LogP contribution in [0.5, 0.6) is 0 Å². The number of rotatable bonds is 6. The molecule has 16 heavy (non-hydrogen) atoms. The van der Waals surface area contributed by atoms with Crippen LogP contribution in [0.4, 0.5) is 0 Å². The minimum Gasteiger partial charge on any atom is -0.365 e. The number of aliphatic imine (C=N–C) groups is 1. The van der Waals surface area contributed by atoms with E-state index in [9.17, 15) is 4.79 Å². The van der Waals surface area contributed by atoms with Crippen molar-refractivity contribution in [1.82, 2.24) is 10.9 Å². The predicted molar refractivity (Wildman–Crippen MR) is 67.8 cm³/mol. The molecule has 0 heterocycles. The van der Waals surface area contributed by atoms with Gasteiger partial charge < -0.3 is 10.5 Å². The summed E-state index contributed by atoms with van der Waals surface area (Å²) in [6, 6.07) is 1.11. The second kappa shape index (κ2) is 7.37. The molecule has 0 saturated carbocycles. The Morgan fingerprint density at radius 3 is 2.50 bits per heavy atom. The molecule has 1 amide bonds. The van der Waals surface area contributed by atoms with Crippen molar-refractivity contribution >= 4 is 19.8 Å². The summed E-state index contributed by atoms with van der Waals surface area (Å²) in [6.07, 6.45) is 0. The smallest absolute Gasteiger partial charge is 0.285 e. The first-order chi connectivity index (χ1) is 7.37. The highest BCUT2D eigenvalue weighted by atomic mass is 28.3. The maximum Gasteiger partial charge on any atom is 0.285 e. The molecule has 0 aromatic rings. The lowest BCUT2D eigenvalue weighted by Gasteiger charge is -2.15. The summed E-state index contributed by atoms with van der Waals surface area (Å²) in [4.78, 5) is 14.4. The molecule has 0 bridgehead atoms. The maximum atomic E-state index is 10.7. The summed E-state index contributed by atoms with van der Waals surface area (Å²) in [6.45, 7) is 7.90. The van der Waals surface area contributed by atoms with Crippen LogP contribution in [0.15, 0.2) is 4.99 Å². The zero-order chi connectivity index (χ0) is 12.6. The van der Waals surface area contributed by atoms with Crippen molar-refractivity contribution < 1.29 is 9.53 Å². The molecule has 0 aliphatic carbocycles. The normalized spacial score (nSPS) is 12.6. The van der Waals surface area contributed by atoms with E-state index in [2.05, 4.69) is 35.5 Å². The summed E-state index contributed by atoms with van der Waals surface area (Å²) in [5.41, 5.74) is 10.3. The quantitative estimate of drug-likeness (QED) is 0.153. The van der Waals surface area contributed by atoms with Crippen LogP contribution < -0.4 is 16.6 Å². The minimum atomic E-state index is -1.04. The van der Waals surface area contributed by atoms with Crippen LogP contribution in [-0.2, 0) is 9.53 Å². The number of hydrogen-bond acceptors (Lipinski definition) is 4. The lowest BCUT2D eigenvalue weighted by atomic mass is 10.6. The third kappa shape index (κ3) is 8.39. The van der Waals surface area contributed by atoms with E-state index >= 15 is 0 Å². The topological polar surface area (TPSA) is 88.7 Å². The minimum absolute atomic E-state index is 0.0915. The molecule has 0 aromatic carbocycles. The Hall–Kier alpha value is -0.923. The third-order valence-electron chi connectivity index (χ3n) is 1.83. The number of carbonyl (C=O) groups excluding carboxylic acids is 1. The molecule has 0 radical (unpaired) electrons. The van der Waals surface area contributed by atoms with E-state index in [0.29, 0.717) is 6.73 Å². The van der Waals surface area contributed by atoms with E-state index < -0.39 is 14.0 Å². The molecular weight excluding hydrogens is 224 g/mol. The molecule has 0 spiro atoms. The summed E-state index contributed by atoms with van der Waals surface area (Å²) < 4.78 is 5.34. The lowest BCUT2D eigenvalue weighted by molar-refractivity contribution is -0.112. The molecule has 7 heteroatoms.